The zero-order valence-electron chi connectivity index (χ0n) is 17.6. The third-order valence-electron chi connectivity index (χ3n) is 5.91. The molecule has 0 spiro atoms. The number of phenolic OH excluding ortho intramolecular Hbond substituents is 1. The molecule has 3 aromatic rings. The number of nitrogens with zero attached hydrogens (tertiary/aromatic N) is 2. The molecular weight excluding hydrogens is 424 g/mol. The van der Waals surface area contributed by atoms with Crippen molar-refractivity contribution >= 4 is 29.2 Å². The van der Waals surface area contributed by atoms with Crippen LogP contribution < -0.4 is 9.96 Å². The molecule has 5 rings (SSSR count). The van der Waals surface area contributed by atoms with Gasteiger partial charge in [0.15, 0.2) is 6.10 Å². The van der Waals surface area contributed by atoms with Crippen LogP contribution in [0.15, 0.2) is 78.9 Å². The van der Waals surface area contributed by atoms with Crippen LogP contribution in [0.25, 0.3) is 0 Å². The van der Waals surface area contributed by atoms with E-state index in [0.29, 0.717) is 16.9 Å². The van der Waals surface area contributed by atoms with Gasteiger partial charge >= 0.3 is 5.97 Å². The first-order chi connectivity index (χ1) is 16.0. The van der Waals surface area contributed by atoms with E-state index in [2.05, 4.69) is 0 Å². The molecule has 0 bridgehead atoms. The van der Waals surface area contributed by atoms with E-state index in [1.54, 1.807) is 17.2 Å². The Hall–Kier alpha value is -4.17. The summed E-state index contributed by atoms with van der Waals surface area (Å²) in [4.78, 5) is 45.7. The number of imide groups is 1. The molecule has 3 atom stereocenters. The topological polar surface area (TPSA) is 96.4 Å². The number of anilines is 2. The van der Waals surface area contributed by atoms with Gasteiger partial charge in [0.2, 0.25) is 5.91 Å². The first kappa shape index (κ1) is 20.7. The first-order valence-electron chi connectivity index (χ1n) is 10.4. The van der Waals surface area contributed by atoms with E-state index in [-0.39, 0.29) is 5.75 Å². The molecule has 0 unspecified atom stereocenters. The Balaban J connectivity index is 1.53. The number of aromatic hydroxyl groups is 1. The van der Waals surface area contributed by atoms with Gasteiger partial charge in [0.1, 0.15) is 11.7 Å². The molecule has 0 aliphatic carbocycles. The number of esters is 1. The van der Waals surface area contributed by atoms with Crippen LogP contribution in [0.2, 0.25) is 0 Å². The maximum absolute atomic E-state index is 13.6. The Bertz CT molecular complexity index is 1210. The lowest BCUT2D eigenvalue weighted by Gasteiger charge is -2.28. The number of amides is 2. The molecule has 1 N–H and O–H groups in total. The normalized spacial score (nSPS) is 21.9. The molecule has 2 aliphatic rings. The molecule has 0 saturated carbocycles. The summed E-state index contributed by atoms with van der Waals surface area (Å²) in [6.45, 7) is 0. The fourth-order valence-electron chi connectivity index (χ4n) is 4.34. The monoisotopic (exact) mass is 444 g/mol. The standard InChI is InChI=1S/C25H20N2O6/c1-32-25(31)16-7-11-17(12-8-16)26-23(29)20-21(15-9-13-19(28)14-10-15)27(33-22(20)24(26)30)18-5-3-2-4-6-18/h2-14,20-22,28H,1H3/t20-,21+,22+/m0/s1. The Morgan fingerprint density at radius 1 is 0.879 bits per heavy atom. The molecule has 0 aromatic heterocycles. The fraction of sp³-hybridized carbons (Fsp3) is 0.160. The van der Waals surface area contributed by atoms with Crippen LogP contribution in [-0.2, 0) is 19.2 Å². The predicted octanol–water partition coefficient (Wildman–Crippen LogP) is 3.23. The highest BCUT2D eigenvalue weighted by atomic mass is 16.7. The van der Waals surface area contributed by atoms with Crippen LogP contribution >= 0.6 is 0 Å². The van der Waals surface area contributed by atoms with Gasteiger partial charge in [-0.3, -0.25) is 14.4 Å². The second kappa shape index (κ2) is 8.07. The number of para-hydroxylation sites is 1. The van der Waals surface area contributed by atoms with Gasteiger partial charge in [0.25, 0.3) is 5.91 Å². The van der Waals surface area contributed by atoms with Crippen molar-refractivity contribution in [3.63, 3.8) is 0 Å². The number of hydroxylamine groups is 1. The summed E-state index contributed by atoms with van der Waals surface area (Å²) in [5.41, 5.74) is 2.10. The molecule has 166 valence electrons. The molecule has 0 radical (unpaired) electrons. The molecule has 2 aliphatic heterocycles. The quantitative estimate of drug-likeness (QED) is 0.488. The largest absolute Gasteiger partial charge is 0.508 e. The lowest BCUT2D eigenvalue weighted by Crippen LogP contribution is -2.37. The Labute approximate surface area is 189 Å². The highest BCUT2D eigenvalue weighted by Gasteiger charge is 2.60. The Kier molecular flexibility index (Phi) is 5.07. The lowest BCUT2D eigenvalue weighted by atomic mass is 9.90. The Morgan fingerprint density at radius 2 is 1.55 bits per heavy atom. The number of fused-ring (bicyclic) bond motifs is 1. The van der Waals surface area contributed by atoms with Crippen molar-refractivity contribution in [1.82, 2.24) is 0 Å². The summed E-state index contributed by atoms with van der Waals surface area (Å²) < 4.78 is 4.70. The number of benzene rings is 3. The number of phenols is 1. The summed E-state index contributed by atoms with van der Waals surface area (Å²) >= 11 is 0. The minimum Gasteiger partial charge on any atom is -0.508 e. The highest BCUT2D eigenvalue weighted by molar-refractivity contribution is 6.24. The molecule has 2 saturated heterocycles. The fourth-order valence-corrected chi connectivity index (χ4v) is 4.34. The number of ether oxygens (including phenoxy) is 1. The third-order valence-corrected chi connectivity index (χ3v) is 5.91. The van der Waals surface area contributed by atoms with Gasteiger partial charge in [-0.2, -0.15) is 0 Å². The second-order valence-electron chi connectivity index (χ2n) is 7.80. The van der Waals surface area contributed by atoms with Crippen LogP contribution in [-0.4, -0.2) is 36.1 Å². The number of carbonyl (C=O) groups excluding carboxylic acids is 3. The van der Waals surface area contributed by atoms with Gasteiger partial charge in [-0.05, 0) is 54.1 Å². The summed E-state index contributed by atoms with van der Waals surface area (Å²) in [5.74, 6) is -2.07. The van der Waals surface area contributed by atoms with Gasteiger partial charge in [-0.25, -0.2) is 14.8 Å². The summed E-state index contributed by atoms with van der Waals surface area (Å²) in [7, 11) is 1.28. The first-order valence-corrected chi connectivity index (χ1v) is 10.4. The zero-order valence-corrected chi connectivity index (χ0v) is 17.6. The highest BCUT2D eigenvalue weighted by Crippen LogP contribution is 2.47. The van der Waals surface area contributed by atoms with Crippen LogP contribution in [0.4, 0.5) is 11.4 Å². The van der Waals surface area contributed by atoms with E-state index >= 15 is 0 Å². The van der Waals surface area contributed by atoms with Crippen LogP contribution in [0.1, 0.15) is 22.0 Å². The van der Waals surface area contributed by atoms with E-state index in [9.17, 15) is 19.5 Å². The van der Waals surface area contributed by atoms with Crippen LogP contribution in [0.3, 0.4) is 0 Å². The van der Waals surface area contributed by atoms with Crippen molar-refractivity contribution in [2.24, 2.45) is 5.92 Å². The predicted molar refractivity (Wildman–Crippen MR) is 118 cm³/mol. The van der Waals surface area contributed by atoms with Gasteiger partial charge in [-0.15, -0.1) is 0 Å². The van der Waals surface area contributed by atoms with Crippen molar-refractivity contribution < 1.29 is 29.1 Å². The number of rotatable bonds is 4. The van der Waals surface area contributed by atoms with E-state index in [1.165, 1.54) is 43.5 Å². The molecule has 2 heterocycles. The molecule has 3 aromatic carbocycles. The number of carbonyl (C=O) groups is 3. The van der Waals surface area contributed by atoms with Crippen molar-refractivity contribution in [1.29, 1.82) is 0 Å². The van der Waals surface area contributed by atoms with E-state index in [0.717, 1.165) is 10.5 Å². The van der Waals surface area contributed by atoms with E-state index in [4.69, 9.17) is 9.57 Å². The Morgan fingerprint density at radius 3 is 2.18 bits per heavy atom. The maximum Gasteiger partial charge on any atom is 0.337 e. The molecular formula is C25H20N2O6. The van der Waals surface area contributed by atoms with Crippen molar-refractivity contribution in [2.75, 3.05) is 17.1 Å². The van der Waals surface area contributed by atoms with Gasteiger partial charge < -0.3 is 9.84 Å². The summed E-state index contributed by atoms with van der Waals surface area (Å²) in [5, 5.41) is 11.3. The van der Waals surface area contributed by atoms with Crippen molar-refractivity contribution in [2.45, 2.75) is 12.1 Å². The zero-order chi connectivity index (χ0) is 23.1. The molecule has 8 nitrogen and oxygen atoms in total. The average Bonchev–Trinajstić information content (AvgIpc) is 3.36. The summed E-state index contributed by atoms with van der Waals surface area (Å²) in [6.07, 6.45) is -1.00. The van der Waals surface area contributed by atoms with Crippen LogP contribution in [0.5, 0.6) is 5.75 Å². The lowest BCUT2D eigenvalue weighted by molar-refractivity contribution is -0.126. The van der Waals surface area contributed by atoms with Crippen molar-refractivity contribution in [3.8, 4) is 5.75 Å². The van der Waals surface area contributed by atoms with E-state index < -0.39 is 35.8 Å². The number of methoxy groups -OCH3 is 1. The minimum atomic E-state index is -1.00. The van der Waals surface area contributed by atoms with Gasteiger partial charge in [-0.1, -0.05) is 30.3 Å². The molecule has 2 amide bonds. The number of hydrogen-bond donors (Lipinski definition) is 1. The smallest absolute Gasteiger partial charge is 0.337 e. The third kappa shape index (κ3) is 3.41. The summed E-state index contributed by atoms with van der Waals surface area (Å²) in [6, 6.07) is 21.3. The van der Waals surface area contributed by atoms with Gasteiger partial charge in [0, 0.05) is 0 Å². The maximum atomic E-state index is 13.6. The minimum absolute atomic E-state index is 0.0987. The van der Waals surface area contributed by atoms with Crippen LogP contribution in [0, 0.1) is 5.92 Å². The molecule has 2 fully saturated rings. The number of hydrogen-bond acceptors (Lipinski definition) is 7. The molecule has 33 heavy (non-hydrogen) atoms. The second-order valence-corrected chi connectivity index (χ2v) is 7.80. The van der Waals surface area contributed by atoms with Crippen molar-refractivity contribution in [3.05, 3.63) is 90.0 Å². The SMILES string of the molecule is COC(=O)c1ccc(N2C(=O)[C@H]3[C@@H](c4ccc(O)cc4)N(c4ccccc4)O[C@H]3C2=O)cc1. The van der Waals surface area contributed by atoms with Gasteiger partial charge in [0.05, 0.1) is 30.1 Å². The van der Waals surface area contributed by atoms with E-state index in [1.807, 2.05) is 30.3 Å². The average molecular weight is 444 g/mol. The molecule has 8 heteroatoms.